The van der Waals surface area contributed by atoms with Crippen LogP contribution in [0.2, 0.25) is 0 Å². The highest BCUT2D eigenvalue weighted by Crippen LogP contribution is 2.19. The Kier molecular flexibility index (Phi) is 2.18. The summed E-state index contributed by atoms with van der Waals surface area (Å²) in [7, 11) is 0. The van der Waals surface area contributed by atoms with Crippen molar-refractivity contribution < 1.29 is 0 Å². The van der Waals surface area contributed by atoms with E-state index < -0.39 is 0 Å². The largest absolute Gasteiger partial charge is 0.385 e. The Morgan fingerprint density at radius 2 is 2.07 bits per heavy atom. The van der Waals surface area contributed by atoms with Crippen LogP contribution in [0, 0.1) is 18.3 Å². The minimum Gasteiger partial charge on any atom is -0.385 e. The standard InChI is InChI=1S/C12H11N3/c1-9-4-2-3-5-11(9)15-8-10(7-13)6-12(15)14/h2-6,8H,14H2,1H3. The normalized spacial score (nSPS) is 9.87. The van der Waals surface area contributed by atoms with E-state index in [9.17, 15) is 0 Å². The van der Waals surface area contributed by atoms with E-state index in [4.69, 9.17) is 11.0 Å². The highest BCUT2D eigenvalue weighted by molar-refractivity contribution is 5.52. The van der Waals surface area contributed by atoms with Crippen molar-refractivity contribution in [3.8, 4) is 11.8 Å². The third kappa shape index (κ3) is 1.57. The topological polar surface area (TPSA) is 54.7 Å². The lowest BCUT2D eigenvalue weighted by atomic mass is 10.2. The van der Waals surface area contributed by atoms with Gasteiger partial charge in [-0.15, -0.1) is 0 Å². The number of hydrogen-bond acceptors (Lipinski definition) is 2. The predicted molar refractivity (Wildman–Crippen MR) is 59.6 cm³/mol. The maximum absolute atomic E-state index is 8.77. The molecular weight excluding hydrogens is 186 g/mol. The van der Waals surface area contributed by atoms with Gasteiger partial charge < -0.3 is 10.3 Å². The van der Waals surface area contributed by atoms with Crippen molar-refractivity contribution >= 4 is 5.82 Å². The average molecular weight is 197 g/mol. The maximum Gasteiger partial charge on any atom is 0.109 e. The van der Waals surface area contributed by atoms with E-state index in [0.717, 1.165) is 11.3 Å². The van der Waals surface area contributed by atoms with Crippen molar-refractivity contribution in [3.63, 3.8) is 0 Å². The molecule has 1 aromatic carbocycles. The first-order valence-corrected chi connectivity index (χ1v) is 4.66. The van der Waals surface area contributed by atoms with E-state index in [2.05, 4.69) is 6.07 Å². The Labute approximate surface area is 88.4 Å². The zero-order valence-corrected chi connectivity index (χ0v) is 8.44. The molecule has 3 nitrogen and oxygen atoms in total. The number of nitriles is 1. The Morgan fingerprint density at radius 1 is 1.33 bits per heavy atom. The molecule has 0 radical (unpaired) electrons. The molecule has 2 aromatic rings. The average Bonchev–Trinajstić information content (AvgIpc) is 2.60. The van der Waals surface area contributed by atoms with Crippen LogP contribution in [-0.4, -0.2) is 4.57 Å². The number of nitrogen functional groups attached to an aromatic ring is 1. The third-order valence-corrected chi connectivity index (χ3v) is 2.35. The van der Waals surface area contributed by atoms with Gasteiger partial charge in [-0.2, -0.15) is 5.26 Å². The van der Waals surface area contributed by atoms with Crippen LogP contribution in [0.4, 0.5) is 5.82 Å². The summed E-state index contributed by atoms with van der Waals surface area (Å²) in [5.41, 5.74) is 8.55. The minimum atomic E-state index is 0.579. The summed E-state index contributed by atoms with van der Waals surface area (Å²) in [4.78, 5) is 0. The number of rotatable bonds is 1. The number of nitrogens with two attached hydrogens (primary N) is 1. The molecule has 0 spiro atoms. The molecule has 2 rings (SSSR count). The summed E-state index contributed by atoms with van der Waals surface area (Å²) in [6, 6.07) is 11.7. The SMILES string of the molecule is Cc1ccccc1-n1cc(C#N)cc1N. The van der Waals surface area contributed by atoms with Crippen molar-refractivity contribution in [1.29, 1.82) is 5.26 Å². The van der Waals surface area contributed by atoms with Crippen LogP contribution in [0.15, 0.2) is 36.5 Å². The number of anilines is 1. The van der Waals surface area contributed by atoms with Crippen LogP contribution in [0.1, 0.15) is 11.1 Å². The van der Waals surface area contributed by atoms with Gasteiger partial charge in [-0.1, -0.05) is 18.2 Å². The fourth-order valence-corrected chi connectivity index (χ4v) is 1.58. The smallest absolute Gasteiger partial charge is 0.109 e. The Hall–Kier alpha value is -2.21. The van der Waals surface area contributed by atoms with Crippen LogP contribution >= 0.6 is 0 Å². The zero-order valence-electron chi connectivity index (χ0n) is 8.44. The second-order valence-corrected chi connectivity index (χ2v) is 3.42. The molecule has 1 aromatic heterocycles. The molecular formula is C12H11N3. The highest BCUT2D eigenvalue weighted by Gasteiger charge is 2.05. The minimum absolute atomic E-state index is 0.579. The van der Waals surface area contributed by atoms with E-state index >= 15 is 0 Å². The van der Waals surface area contributed by atoms with E-state index in [1.54, 1.807) is 12.3 Å². The molecule has 15 heavy (non-hydrogen) atoms. The van der Waals surface area contributed by atoms with Gasteiger partial charge in [0.1, 0.15) is 11.9 Å². The van der Waals surface area contributed by atoms with Gasteiger partial charge in [-0.3, -0.25) is 0 Å². The van der Waals surface area contributed by atoms with Gasteiger partial charge in [0.15, 0.2) is 0 Å². The van der Waals surface area contributed by atoms with Crippen molar-refractivity contribution in [2.75, 3.05) is 5.73 Å². The zero-order chi connectivity index (χ0) is 10.8. The number of nitrogens with zero attached hydrogens (tertiary/aromatic N) is 2. The van der Waals surface area contributed by atoms with E-state index in [1.165, 1.54) is 0 Å². The Balaban J connectivity index is 2.60. The highest BCUT2D eigenvalue weighted by atomic mass is 15.0. The molecule has 2 N–H and O–H groups in total. The first-order valence-electron chi connectivity index (χ1n) is 4.66. The Morgan fingerprint density at radius 3 is 2.67 bits per heavy atom. The van der Waals surface area contributed by atoms with Gasteiger partial charge in [0.25, 0.3) is 0 Å². The fraction of sp³-hybridized carbons (Fsp3) is 0.0833. The van der Waals surface area contributed by atoms with E-state index in [0.29, 0.717) is 11.4 Å². The van der Waals surface area contributed by atoms with Crippen LogP contribution in [0.5, 0.6) is 0 Å². The summed E-state index contributed by atoms with van der Waals surface area (Å²) in [5, 5.41) is 8.77. The van der Waals surface area contributed by atoms with Gasteiger partial charge in [-0.05, 0) is 24.6 Å². The predicted octanol–water partition coefficient (Wildman–Crippen LogP) is 2.24. The summed E-state index contributed by atoms with van der Waals surface area (Å²) < 4.78 is 1.83. The number of hydrogen-bond donors (Lipinski definition) is 1. The quantitative estimate of drug-likeness (QED) is 0.762. The first kappa shape index (κ1) is 9.35. The molecule has 0 unspecified atom stereocenters. The molecule has 1 heterocycles. The van der Waals surface area contributed by atoms with Gasteiger partial charge in [-0.25, -0.2) is 0 Å². The van der Waals surface area contributed by atoms with Crippen molar-refractivity contribution in [2.45, 2.75) is 6.92 Å². The lowest BCUT2D eigenvalue weighted by Crippen LogP contribution is -1.99. The number of benzene rings is 1. The Bertz CT molecular complexity index is 532. The summed E-state index contributed by atoms with van der Waals surface area (Å²) in [6.07, 6.45) is 1.75. The maximum atomic E-state index is 8.77. The molecule has 74 valence electrons. The lowest BCUT2D eigenvalue weighted by Gasteiger charge is -2.08. The van der Waals surface area contributed by atoms with Crippen molar-refractivity contribution in [1.82, 2.24) is 4.57 Å². The van der Waals surface area contributed by atoms with E-state index in [1.807, 2.05) is 35.8 Å². The van der Waals surface area contributed by atoms with Gasteiger partial charge in [0.2, 0.25) is 0 Å². The molecule has 0 saturated carbocycles. The molecule has 0 bridgehead atoms. The first-order chi connectivity index (χ1) is 7.22. The molecule has 0 aliphatic carbocycles. The van der Waals surface area contributed by atoms with Gasteiger partial charge >= 0.3 is 0 Å². The second kappa shape index (κ2) is 3.50. The summed E-state index contributed by atoms with van der Waals surface area (Å²) in [6.45, 7) is 2.01. The summed E-state index contributed by atoms with van der Waals surface area (Å²) in [5.74, 6) is 0.584. The van der Waals surface area contributed by atoms with Gasteiger partial charge in [0, 0.05) is 11.9 Å². The molecule has 0 atom stereocenters. The molecule has 0 aliphatic heterocycles. The van der Waals surface area contributed by atoms with Crippen LogP contribution in [0.3, 0.4) is 0 Å². The summed E-state index contributed by atoms with van der Waals surface area (Å²) >= 11 is 0. The molecule has 0 aliphatic rings. The van der Waals surface area contributed by atoms with Gasteiger partial charge in [0.05, 0.1) is 5.56 Å². The van der Waals surface area contributed by atoms with Crippen molar-refractivity contribution in [2.24, 2.45) is 0 Å². The fourth-order valence-electron chi connectivity index (χ4n) is 1.58. The van der Waals surface area contributed by atoms with Crippen LogP contribution < -0.4 is 5.73 Å². The second-order valence-electron chi connectivity index (χ2n) is 3.42. The number of aromatic nitrogens is 1. The number of para-hydroxylation sites is 1. The molecule has 0 amide bonds. The van der Waals surface area contributed by atoms with Crippen molar-refractivity contribution in [3.05, 3.63) is 47.7 Å². The third-order valence-electron chi connectivity index (χ3n) is 2.35. The molecule has 0 saturated heterocycles. The molecule has 0 fully saturated rings. The number of aryl methyl sites for hydroxylation is 1. The van der Waals surface area contributed by atoms with E-state index in [-0.39, 0.29) is 0 Å². The molecule has 3 heteroatoms. The van der Waals surface area contributed by atoms with Crippen LogP contribution in [-0.2, 0) is 0 Å². The lowest BCUT2D eigenvalue weighted by molar-refractivity contribution is 1.07. The van der Waals surface area contributed by atoms with Crippen LogP contribution in [0.25, 0.3) is 5.69 Å². The monoisotopic (exact) mass is 197 g/mol.